The third-order valence-electron chi connectivity index (χ3n) is 5.19. The van der Waals surface area contributed by atoms with Gasteiger partial charge < -0.3 is 0 Å². The second-order valence-corrected chi connectivity index (χ2v) is 7.41. The summed E-state index contributed by atoms with van der Waals surface area (Å²) >= 11 is 0. The molecule has 0 aliphatic carbocycles. The molecule has 0 radical (unpaired) electrons. The van der Waals surface area contributed by atoms with Gasteiger partial charge in [-0.2, -0.15) is 0 Å². The van der Waals surface area contributed by atoms with Crippen LogP contribution in [0.3, 0.4) is 0 Å². The first kappa shape index (κ1) is 20.4. The zero-order valence-corrected chi connectivity index (χ0v) is 16.6. The van der Waals surface area contributed by atoms with Crippen LogP contribution in [-0.4, -0.2) is 10.8 Å². The number of rotatable bonds is 11. The Labute approximate surface area is 159 Å². The molecule has 140 valence electrons. The Morgan fingerprint density at radius 1 is 1.00 bits per heavy atom. The van der Waals surface area contributed by atoms with E-state index in [2.05, 4.69) is 37.9 Å². The van der Waals surface area contributed by atoms with Crippen LogP contribution in [0.25, 0.3) is 11.3 Å². The molecule has 0 fully saturated rings. The maximum absolute atomic E-state index is 12.3. The SMILES string of the molecule is CCCCc1ccc(-c2ccc(C(=O)CCCCC(C)CC)cc2)nc1. The van der Waals surface area contributed by atoms with E-state index in [0.29, 0.717) is 6.42 Å². The monoisotopic (exact) mass is 351 g/mol. The first-order valence-corrected chi connectivity index (χ1v) is 10.2. The quantitative estimate of drug-likeness (QED) is 0.326. The molecule has 1 aromatic carbocycles. The van der Waals surface area contributed by atoms with E-state index in [-0.39, 0.29) is 5.78 Å². The number of benzene rings is 1. The molecule has 1 heterocycles. The molecule has 2 aromatic rings. The van der Waals surface area contributed by atoms with Gasteiger partial charge in [-0.3, -0.25) is 9.78 Å². The minimum absolute atomic E-state index is 0.253. The molecule has 1 aromatic heterocycles. The minimum Gasteiger partial charge on any atom is -0.294 e. The van der Waals surface area contributed by atoms with Crippen LogP contribution in [0.4, 0.5) is 0 Å². The first-order valence-electron chi connectivity index (χ1n) is 10.2. The molecular formula is C24H33NO. The summed E-state index contributed by atoms with van der Waals surface area (Å²) in [6.45, 7) is 6.71. The van der Waals surface area contributed by atoms with E-state index < -0.39 is 0 Å². The minimum atomic E-state index is 0.253. The Morgan fingerprint density at radius 3 is 2.38 bits per heavy atom. The lowest BCUT2D eigenvalue weighted by Gasteiger charge is -2.08. The number of Topliss-reactive ketones (excluding diaryl/α,β-unsaturated/α-hetero) is 1. The molecular weight excluding hydrogens is 318 g/mol. The van der Waals surface area contributed by atoms with E-state index in [1.807, 2.05) is 30.5 Å². The van der Waals surface area contributed by atoms with Crippen molar-refractivity contribution in [1.82, 2.24) is 4.98 Å². The highest BCUT2D eigenvalue weighted by molar-refractivity contribution is 5.96. The summed E-state index contributed by atoms with van der Waals surface area (Å²) in [4.78, 5) is 16.9. The Bertz CT molecular complexity index is 658. The van der Waals surface area contributed by atoms with Crippen LogP contribution in [0.1, 0.15) is 81.6 Å². The van der Waals surface area contributed by atoms with Crippen molar-refractivity contribution in [2.75, 3.05) is 0 Å². The second-order valence-electron chi connectivity index (χ2n) is 7.41. The highest BCUT2D eigenvalue weighted by atomic mass is 16.1. The van der Waals surface area contributed by atoms with Gasteiger partial charge >= 0.3 is 0 Å². The molecule has 26 heavy (non-hydrogen) atoms. The van der Waals surface area contributed by atoms with Crippen molar-refractivity contribution < 1.29 is 4.79 Å². The molecule has 1 unspecified atom stereocenters. The Morgan fingerprint density at radius 2 is 1.77 bits per heavy atom. The van der Waals surface area contributed by atoms with E-state index in [4.69, 9.17) is 0 Å². The summed E-state index contributed by atoms with van der Waals surface area (Å²) in [5, 5.41) is 0. The van der Waals surface area contributed by atoms with Crippen molar-refractivity contribution in [3.63, 3.8) is 0 Å². The molecule has 0 aliphatic heterocycles. The predicted molar refractivity (Wildman–Crippen MR) is 111 cm³/mol. The largest absolute Gasteiger partial charge is 0.294 e. The summed E-state index contributed by atoms with van der Waals surface area (Å²) in [6, 6.07) is 12.2. The van der Waals surface area contributed by atoms with Gasteiger partial charge in [0.05, 0.1) is 5.69 Å². The average Bonchev–Trinajstić information content (AvgIpc) is 2.69. The van der Waals surface area contributed by atoms with Crippen molar-refractivity contribution >= 4 is 5.78 Å². The first-order chi connectivity index (χ1) is 12.6. The second kappa shape index (κ2) is 10.9. The number of aryl methyl sites for hydroxylation is 1. The van der Waals surface area contributed by atoms with E-state index in [1.165, 1.54) is 31.2 Å². The molecule has 0 spiro atoms. The fraction of sp³-hybridized carbons (Fsp3) is 0.500. The van der Waals surface area contributed by atoms with Gasteiger partial charge in [-0.25, -0.2) is 0 Å². The molecule has 2 rings (SSSR count). The zero-order valence-electron chi connectivity index (χ0n) is 16.6. The van der Waals surface area contributed by atoms with Gasteiger partial charge in [0.25, 0.3) is 0 Å². The third-order valence-corrected chi connectivity index (χ3v) is 5.19. The lowest BCUT2D eigenvalue weighted by atomic mass is 9.98. The van der Waals surface area contributed by atoms with E-state index in [9.17, 15) is 4.79 Å². The standard InChI is InChI=1S/C24H33NO/c1-4-6-10-20-12-17-23(25-18-20)21-13-15-22(16-14-21)24(26)11-8-7-9-19(3)5-2/h12-19H,4-11H2,1-3H3. The highest BCUT2D eigenvalue weighted by Gasteiger charge is 2.07. The molecule has 0 bridgehead atoms. The van der Waals surface area contributed by atoms with Gasteiger partial charge in [0.1, 0.15) is 0 Å². The number of hydrogen-bond acceptors (Lipinski definition) is 2. The molecule has 0 saturated heterocycles. The Balaban J connectivity index is 1.88. The lowest BCUT2D eigenvalue weighted by molar-refractivity contribution is 0.0978. The number of carbonyl (C=O) groups excluding carboxylic acids is 1. The summed E-state index contributed by atoms with van der Waals surface area (Å²) < 4.78 is 0. The van der Waals surface area contributed by atoms with Gasteiger partial charge in [-0.05, 0) is 36.8 Å². The number of hydrogen-bond donors (Lipinski definition) is 0. The summed E-state index contributed by atoms with van der Waals surface area (Å²) in [5.41, 5.74) is 4.15. The van der Waals surface area contributed by atoms with Crippen molar-refractivity contribution in [3.8, 4) is 11.3 Å². The Kier molecular flexibility index (Phi) is 8.53. The maximum Gasteiger partial charge on any atom is 0.162 e. The fourth-order valence-corrected chi connectivity index (χ4v) is 3.08. The van der Waals surface area contributed by atoms with E-state index in [0.717, 1.165) is 42.0 Å². The normalized spacial score (nSPS) is 12.1. The number of pyridine rings is 1. The molecule has 2 nitrogen and oxygen atoms in total. The van der Waals surface area contributed by atoms with Crippen LogP contribution in [0, 0.1) is 5.92 Å². The van der Waals surface area contributed by atoms with Crippen LogP contribution in [0.15, 0.2) is 42.6 Å². The van der Waals surface area contributed by atoms with Crippen LogP contribution in [0.2, 0.25) is 0 Å². The van der Waals surface area contributed by atoms with Gasteiger partial charge in [-0.1, -0.05) is 76.8 Å². The number of carbonyl (C=O) groups is 1. The van der Waals surface area contributed by atoms with Crippen molar-refractivity contribution in [2.45, 2.75) is 72.1 Å². The smallest absolute Gasteiger partial charge is 0.162 e. The van der Waals surface area contributed by atoms with Gasteiger partial charge in [-0.15, -0.1) is 0 Å². The molecule has 0 saturated carbocycles. The predicted octanol–water partition coefficient (Wildman–Crippen LogP) is 6.88. The van der Waals surface area contributed by atoms with Crippen LogP contribution in [-0.2, 0) is 6.42 Å². The molecule has 1 atom stereocenters. The van der Waals surface area contributed by atoms with Crippen molar-refractivity contribution in [3.05, 3.63) is 53.7 Å². The zero-order chi connectivity index (χ0) is 18.8. The van der Waals surface area contributed by atoms with E-state index >= 15 is 0 Å². The molecule has 0 amide bonds. The molecule has 2 heteroatoms. The summed E-state index contributed by atoms with van der Waals surface area (Å²) in [6.07, 6.45) is 10.7. The van der Waals surface area contributed by atoms with Crippen molar-refractivity contribution in [1.29, 1.82) is 0 Å². The fourth-order valence-electron chi connectivity index (χ4n) is 3.08. The average molecular weight is 352 g/mol. The van der Waals surface area contributed by atoms with Gasteiger partial charge in [0.2, 0.25) is 0 Å². The number of ketones is 1. The van der Waals surface area contributed by atoms with Crippen LogP contribution < -0.4 is 0 Å². The summed E-state index contributed by atoms with van der Waals surface area (Å²) in [5.74, 6) is 1.02. The van der Waals surface area contributed by atoms with Crippen LogP contribution in [0.5, 0.6) is 0 Å². The molecule has 0 N–H and O–H groups in total. The van der Waals surface area contributed by atoms with Crippen molar-refractivity contribution in [2.24, 2.45) is 5.92 Å². The number of aromatic nitrogens is 1. The van der Waals surface area contributed by atoms with Gasteiger partial charge in [0.15, 0.2) is 5.78 Å². The van der Waals surface area contributed by atoms with E-state index in [1.54, 1.807) is 0 Å². The molecule has 0 aliphatic rings. The number of nitrogens with zero attached hydrogens (tertiary/aromatic N) is 1. The third kappa shape index (κ3) is 6.40. The summed E-state index contributed by atoms with van der Waals surface area (Å²) in [7, 11) is 0. The lowest BCUT2D eigenvalue weighted by Crippen LogP contribution is -2.00. The highest BCUT2D eigenvalue weighted by Crippen LogP contribution is 2.20. The maximum atomic E-state index is 12.3. The van der Waals surface area contributed by atoms with Crippen LogP contribution >= 0.6 is 0 Å². The topological polar surface area (TPSA) is 30.0 Å². The Hall–Kier alpha value is -1.96. The number of unbranched alkanes of at least 4 members (excludes halogenated alkanes) is 2. The van der Waals surface area contributed by atoms with Gasteiger partial charge in [0, 0.05) is 23.7 Å².